The molecule has 152 valence electrons. The maximum atomic E-state index is 13.0. The van der Waals surface area contributed by atoms with Crippen LogP contribution in [0.5, 0.6) is 0 Å². The van der Waals surface area contributed by atoms with E-state index < -0.39 is 11.9 Å². The van der Waals surface area contributed by atoms with Crippen LogP contribution in [0.1, 0.15) is 33.7 Å². The molecule has 2 bridgehead atoms. The molecule has 0 saturated carbocycles. The molecular weight excluding hydrogens is 398 g/mol. The number of fused-ring (bicyclic) bond motifs is 4. The van der Waals surface area contributed by atoms with Crippen LogP contribution < -0.4 is 5.73 Å². The maximum absolute atomic E-state index is 13.0. The Morgan fingerprint density at radius 1 is 1.17 bits per heavy atom. The third-order valence-corrected chi connectivity index (χ3v) is 6.93. The van der Waals surface area contributed by atoms with E-state index in [4.69, 9.17) is 10.6 Å². The van der Waals surface area contributed by atoms with Gasteiger partial charge in [-0.15, -0.1) is 11.3 Å². The van der Waals surface area contributed by atoms with Crippen molar-refractivity contribution >= 4 is 23.3 Å². The first-order valence-corrected chi connectivity index (χ1v) is 10.6. The van der Waals surface area contributed by atoms with Gasteiger partial charge in [0.15, 0.2) is 0 Å². The van der Waals surface area contributed by atoms with E-state index in [9.17, 15) is 9.59 Å². The summed E-state index contributed by atoms with van der Waals surface area (Å²) in [4.78, 5) is 34.7. The molecule has 1 aromatic heterocycles. The molecule has 1 unspecified atom stereocenters. The predicted molar refractivity (Wildman–Crippen MR) is 114 cm³/mol. The van der Waals surface area contributed by atoms with Crippen molar-refractivity contribution in [2.45, 2.75) is 25.6 Å². The van der Waals surface area contributed by atoms with Crippen molar-refractivity contribution < 1.29 is 14.4 Å². The number of hydrogen-bond donors (Lipinski definition) is 1. The molecule has 1 saturated heterocycles. The zero-order valence-electron chi connectivity index (χ0n) is 16.4. The standard InChI is InChI=1S/C23H21N3O3S/c1-14-7-5-6-10-16(14)19-11-17-18-12-25(20(22(24)27)21(17)30-19)23(28)26(18)29-13-15-8-3-2-4-9-15/h2-11,18,20H,12-13H2,1H3,(H2,24,27)/t18-,20?/m1/s1. The summed E-state index contributed by atoms with van der Waals surface area (Å²) in [5.74, 6) is -0.522. The molecule has 3 heterocycles. The number of carbonyl (C=O) groups excluding carboxylic acids is 2. The number of benzene rings is 2. The molecule has 30 heavy (non-hydrogen) atoms. The molecule has 0 spiro atoms. The topological polar surface area (TPSA) is 75.9 Å². The SMILES string of the molecule is Cc1ccccc1-c1cc2c(s1)C(C(N)=O)N1C[C@H]2N(OCc2ccccc2)C1=O. The normalized spacial score (nSPS) is 19.8. The molecule has 2 aromatic carbocycles. The summed E-state index contributed by atoms with van der Waals surface area (Å²) < 4.78 is 0. The minimum absolute atomic E-state index is 0.263. The van der Waals surface area contributed by atoms with Crippen LogP contribution in [-0.4, -0.2) is 28.4 Å². The zero-order chi connectivity index (χ0) is 20.8. The Kier molecular flexibility index (Phi) is 4.56. The van der Waals surface area contributed by atoms with Crippen molar-refractivity contribution in [1.29, 1.82) is 0 Å². The second-order valence-electron chi connectivity index (χ2n) is 7.59. The van der Waals surface area contributed by atoms with Gasteiger partial charge in [0, 0.05) is 9.75 Å². The first-order chi connectivity index (χ1) is 14.5. The fourth-order valence-corrected chi connectivity index (χ4v) is 5.63. The molecule has 2 atom stereocenters. The molecule has 0 aliphatic carbocycles. The van der Waals surface area contributed by atoms with Crippen LogP contribution >= 0.6 is 11.3 Å². The van der Waals surface area contributed by atoms with Crippen LogP contribution in [0.3, 0.4) is 0 Å². The highest BCUT2D eigenvalue weighted by Crippen LogP contribution is 2.49. The van der Waals surface area contributed by atoms with Crippen molar-refractivity contribution in [3.63, 3.8) is 0 Å². The first-order valence-electron chi connectivity index (χ1n) is 9.80. The third kappa shape index (κ3) is 2.98. The lowest BCUT2D eigenvalue weighted by Gasteiger charge is -2.28. The molecule has 3 aromatic rings. The third-order valence-electron chi connectivity index (χ3n) is 5.69. The Morgan fingerprint density at radius 2 is 1.90 bits per heavy atom. The Hall–Kier alpha value is -3.16. The highest BCUT2D eigenvalue weighted by molar-refractivity contribution is 7.16. The smallest absolute Gasteiger partial charge is 0.345 e. The minimum Gasteiger partial charge on any atom is -0.368 e. The summed E-state index contributed by atoms with van der Waals surface area (Å²) in [7, 11) is 0. The van der Waals surface area contributed by atoms with E-state index in [-0.39, 0.29) is 18.7 Å². The fourth-order valence-electron chi connectivity index (χ4n) is 4.20. The number of nitrogens with zero attached hydrogens (tertiary/aromatic N) is 2. The van der Waals surface area contributed by atoms with Gasteiger partial charge in [-0.05, 0) is 35.2 Å². The van der Waals surface area contributed by atoms with Crippen LogP contribution in [0.15, 0.2) is 60.7 Å². The fraction of sp³-hybridized carbons (Fsp3) is 0.217. The molecule has 3 amide bonds. The van der Waals surface area contributed by atoms with Crippen LogP contribution in [0, 0.1) is 6.92 Å². The van der Waals surface area contributed by atoms with E-state index in [1.165, 1.54) is 21.3 Å². The maximum Gasteiger partial charge on any atom is 0.345 e. The van der Waals surface area contributed by atoms with Crippen LogP contribution in [-0.2, 0) is 16.2 Å². The average Bonchev–Trinajstić information content (AvgIpc) is 3.29. The monoisotopic (exact) mass is 419 g/mol. The number of rotatable bonds is 5. The summed E-state index contributed by atoms with van der Waals surface area (Å²) in [6.07, 6.45) is 0. The van der Waals surface area contributed by atoms with Crippen molar-refractivity contribution in [2.24, 2.45) is 5.73 Å². The van der Waals surface area contributed by atoms with Crippen LogP contribution in [0.25, 0.3) is 10.4 Å². The number of aryl methyl sites for hydroxylation is 1. The second-order valence-corrected chi connectivity index (χ2v) is 8.67. The number of amides is 3. The van der Waals surface area contributed by atoms with Gasteiger partial charge in [-0.25, -0.2) is 4.79 Å². The molecule has 2 aliphatic heterocycles. The first kappa shape index (κ1) is 18.8. The number of urea groups is 1. The molecule has 7 heteroatoms. The summed E-state index contributed by atoms with van der Waals surface area (Å²) in [5.41, 5.74) is 9.92. The highest BCUT2D eigenvalue weighted by atomic mass is 32.1. The summed E-state index contributed by atoms with van der Waals surface area (Å²) in [5, 5.41) is 1.41. The van der Waals surface area contributed by atoms with Gasteiger partial charge >= 0.3 is 6.03 Å². The number of hydrogen-bond acceptors (Lipinski definition) is 4. The summed E-state index contributed by atoms with van der Waals surface area (Å²) >= 11 is 1.53. The minimum atomic E-state index is -0.767. The number of thiophene rings is 1. The van der Waals surface area contributed by atoms with Crippen molar-refractivity contribution in [1.82, 2.24) is 9.96 Å². The summed E-state index contributed by atoms with van der Waals surface area (Å²) in [6.45, 7) is 2.73. The van der Waals surface area contributed by atoms with Gasteiger partial charge in [0.2, 0.25) is 5.91 Å². The van der Waals surface area contributed by atoms with E-state index in [1.807, 2.05) is 42.5 Å². The largest absolute Gasteiger partial charge is 0.368 e. The van der Waals surface area contributed by atoms with Gasteiger partial charge in [0.05, 0.1) is 6.54 Å². The lowest BCUT2D eigenvalue weighted by atomic mass is 9.97. The molecule has 1 fully saturated rings. The second kappa shape index (κ2) is 7.27. The van der Waals surface area contributed by atoms with Crippen LogP contribution in [0.4, 0.5) is 4.79 Å². The Bertz CT molecular complexity index is 1130. The molecular formula is C23H21N3O3S. The van der Waals surface area contributed by atoms with Gasteiger partial charge in [0.1, 0.15) is 18.7 Å². The Labute approximate surface area is 178 Å². The zero-order valence-corrected chi connectivity index (χ0v) is 17.3. The molecule has 6 nitrogen and oxygen atoms in total. The van der Waals surface area contributed by atoms with E-state index in [0.717, 1.165) is 32.0 Å². The molecule has 5 rings (SSSR count). The predicted octanol–water partition coefficient (Wildman–Crippen LogP) is 4.17. The lowest BCUT2D eigenvalue weighted by molar-refractivity contribution is -0.141. The van der Waals surface area contributed by atoms with Crippen molar-refractivity contribution in [3.8, 4) is 10.4 Å². The number of hydroxylamine groups is 2. The highest BCUT2D eigenvalue weighted by Gasteiger charge is 2.51. The van der Waals surface area contributed by atoms with Crippen molar-refractivity contribution in [2.75, 3.05) is 6.54 Å². The van der Waals surface area contributed by atoms with Gasteiger partial charge < -0.3 is 10.6 Å². The Morgan fingerprint density at radius 3 is 2.63 bits per heavy atom. The lowest BCUT2D eigenvalue weighted by Crippen LogP contribution is -2.40. The quantitative estimate of drug-likeness (QED) is 0.674. The van der Waals surface area contributed by atoms with Gasteiger partial charge in [-0.3, -0.25) is 9.63 Å². The Balaban J connectivity index is 1.52. The van der Waals surface area contributed by atoms with Gasteiger partial charge in [0.25, 0.3) is 0 Å². The molecule has 2 aliphatic rings. The van der Waals surface area contributed by atoms with E-state index >= 15 is 0 Å². The van der Waals surface area contributed by atoms with Crippen molar-refractivity contribution in [3.05, 3.63) is 82.2 Å². The van der Waals surface area contributed by atoms with Gasteiger partial charge in [-0.2, -0.15) is 5.06 Å². The summed E-state index contributed by atoms with van der Waals surface area (Å²) in [6, 6.07) is 18.6. The molecule has 2 N–H and O–H groups in total. The average molecular weight is 420 g/mol. The van der Waals surface area contributed by atoms with Gasteiger partial charge in [-0.1, -0.05) is 54.6 Å². The van der Waals surface area contributed by atoms with E-state index in [1.54, 1.807) is 0 Å². The molecule has 0 radical (unpaired) electrons. The van der Waals surface area contributed by atoms with E-state index in [2.05, 4.69) is 25.1 Å². The van der Waals surface area contributed by atoms with Crippen LogP contribution in [0.2, 0.25) is 0 Å². The van der Waals surface area contributed by atoms with E-state index in [0.29, 0.717) is 6.54 Å². The number of carbonyl (C=O) groups is 2. The number of nitrogens with two attached hydrogens (primary N) is 1. The number of primary amides is 1.